The predicted molar refractivity (Wildman–Crippen MR) is 109 cm³/mol. The van der Waals surface area contributed by atoms with Crippen molar-refractivity contribution in [1.29, 1.82) is 0 Å². The Hall–Kier alpha value is -2.39. The summed E-state index contributed by atoms with van der Waals surface area (Å²) in [5.41, 5.74) is 4.72. The Morgan fingerprint density at radius 3 is 2.15 bits per heavy atom. The maximum Gasteiger partial charge on any atom is 0.152 e. The van der Waals surface area contributed by atoms with E-state index in [0.29, 0.717) is 6.54 Å². The van der Waals surface area contributed by atoms with E-state index in [1.807, 2.05) is 30.3 Å². The number of aliphatic hydroxyl groups excluding tert-OH is 1. The second-order valence-electron chi connectivity index (χ2n) is 7.63. The van der Waals surface area contributed by atoms with Gasteiger partial charge in [-0.25, -0.2) is 0 Å². The number of rotatable bonds is 7. The molecule has 0 atom stereocenters. The minimum atomic E-state index is 0.0367. The van der Waals surface area contributed by atoms with Gasteiger partial charge in [0.05, 0.1) is 6.61 Å². The Labute approximate surface area is 157 Å². The number of aliphatic hydroxyl groups is 1. The zero-order valence-electron chi connectivity index (χ0n) is 16.2. The van der Waals surface area contributed by atoms with Crippen molar-refractivity contribution in [1.82, 2.24) is 0 Å². The van der Waals surface area contributed by atoms with Gasteiger partial charge < -0.3 is 10.0 Å². The van der Waals surface area contributed by atoms with Crippen molar-refractivity contribution in [2.24, 2.45) is 0 Å². The Morgan fingerprint density at radius 1 is 1.04 bits per heavy atom. The highest BCUT2D eigenvalue weighted by atomic mass is 16.3. The van der Waals surface area contributed by atoms with E-state index in [9.17, 15) is 9.90 Å². The number of hydrogen-bond donors (Lipinski definition) is 1. The van der Waals surface area contributed by atoms with Gasteiger partial charge in [0.15, 0.2) is 5.78 Å². The fraction of sp³-hybridized carbons (Fsp3) is 0.348. The van der Waals surface area contributed by atoms with Crippen LogP contribution < -0.4 is 4.90 Å². The SMILES string of the molecule is CC(=O)/C=C/c1ccc(N(CCO)Cc2ccc(C(C)(C)C)cc2)cc1. The van der Waals surface area contributed by atoms with Gasteiger partial charge in [-0.3, -0.25) is 4.79 Å². The van der Waals surface area contributed by atoms with Gasteiger partial charge in [-0.05, 0) is 47.2 Å². The number of carbonyl (C=O) groups is 1. The zero-order chi connectivity index (χ0) is 19.2. The van der Waals surface area contributed by atoms with E-state index in [-0.39, 0.29) is 17.8 Å². The summed E-state index contributed by atoms with van der Waals surface area (Å²) in [4.78, 5) is 13.2. The number of hydrogen-bond acceptors (Lipinski definition) is 3. The lowest BCUT2D eigenvalue weighted by Gasteiger charge is -2.25. The van der Waals surface area contributed by atoms with Crippen molar-refractivity contribution in [3.63, 3.8) is 0 Å². The number of ketones is 1. The first-order valence-electron chi connectivity index (χ1n) is 9.03. The molecule has 26 heavy (non-hydrogen) atoms. The monoisotopic (exact) mass is 351 g/mol. The third-order valence-electron chi connectivity index (χ3n) is 4.33. The molecule has 0 fully saturated rings. The number of benzene rings is 2. The molecule has 138 valence electrons. The van der Waals surface area contributed by atoms with Crippen LogP contribution in [0.3, 0.4) is 0 Å². The molecule has 0 saturated heterocycles. The van der Waals surface area contributed by atoms with E-state index >= 15 is 0 Å². The van der Waals surface area contributed by atoms with Gasteiger partial charge >= 0.3 is 0 Å². The van der Waals surface area contributed by atoms with Gasteiger partial charge in [0, 0.05) is 18.8 Å². The van der Waals surface area contributed by atoms with Crippen LogP contribution in [-0.2, 0) is 16.8 Å². The summed E-state index contributed by atoms with van der Waals surface area (Å²) >= 11 is 0. The molecule has 2 rings (SSSR count). The molecular formula is C23H29NO2. The highest BCUT2D eigenvalue weighted by Crippen LogP contribution is 2.24. The van der Waals surface area contributed by atoms with Crippen LogP contribution in [0.5, 0.6) is 0 Å². The highest BCUT2D eigenvalue weighted by molar-refractivity contribution is 5.91. The van der Waals surface area contributed by atoms with E-state index in [2.05, 4.69) is 49.9 Å². The van der Waals surface area contributed by atoms with Crippen molar-refractivity contribution < 1.29 is 9.90 Å². The van der Waals surface area contributed by atoms with E-state index < -0.39 is 0 Å². The zero-order valence-corrected chi connectivity index (χ0v) is 16.2. The molecule has 2 aromatic rings. The molecule has 0 radical (unpaired) electrons. The van der Waals surface area contributed by atoms with Crippen molar-refractivity contribution in [2.75, 3.05) is 18.1 Å². The minimum Gasteiger partial charge on any atom is -0.395 e. The van der Waals surface area contributed by atoms with Gasteiger partial charge in [-0.15, -0.1) is 0 Å². The maximum absolute atomic E-state index is 11.0. The highest BCUT2D eigenvalue weighted by Gasteiger charge is 2.13. The van der Waals surface area contributed by atoms with E-state index in [1.165, 1.54) is 11.1 Å². The van der Waals surface area contributed by atoms with Gasteiger partial charge in [0.25, 0.3) is 0 Å². The van der Waals surface area contributed by atoms with Crippen LogP contribution in [0.15, 0.2) is 54.6 Å². The summed E-state index contributed by atoms with van der Waals surface area (Å²) in [5.74, 6) is 0.0367. The molecule has 0 heterocycles. The summed E-state index contributed by atoms with van der Waals surface area (Å²) < 4.78 is 0. The molecule has 3 nitrogen and oxygen atoms in total. The van der Waals surface area contributed by atoms with Crippen LogP contribution in [0, 0.1) is 0 Å². The first-order chi connectivity index (χ1) is 12.3. The van der Waals surface area contributed by atoms with Gasteiger partial charge in [-0.1, -0.05) is 63.2 Å². The standard InChI is InChI=1S/C23H29NO2/c1-18(26)5-6-19-9-13-22(14-10-19)24(15-16-25)17-20-7-11-21(12-8-20)23(2,3)4/h5-14,25H,15-17H2,1-4H3/b6-5+. The first-order valence-corrected chi connectivity index (χ1v) is 9.03. The first kappa shape index (κ1) is 19.9. The fourth-order valence-corrected chi connectivity index (χ4v) is 2.76. The molecule has 0 unspecified atom stereocenters. The number of nitrogens with zero attached hydrogens (tertiary/aromatic N) is 1. The van der Waals surface area contributed by atoms with Gasteiger partial charge in [0.2, 0.25) is 0 Å². The number of carbonyl (C=O) groups excluding carboxylic acids is 1. The Balaban J connectivity index is 2.14. The smallest absolute Gasteiger partial charge is 0.152 e. The molecule has 0 spiro atoms. The van der Waals surface area contributed by atoms with Crippen LogP contribution >= 0.6 is 0 Å². The molecule has 0 aliphatic heterocycles. The largest absolute Gasteiger partial charge is 0.395 e. The lowest BCUT2D eigenvalue weighted by molar-refractivity contribution is -0.112. The number of anilines is 1. The number of allylic oxidation sites excluding steroid dienone is 1. The summed E-state index contributed by atoms with van der Waals surface area (Å²) in [6.07, 6.45) is 3.38. The van der Waals surface area contributed by atoms with E-state index in [4.69, 9.17) is 0 Å². The van der Waals surface area contributed by atoms with Crippen molar-refractivity contribution in [2.45, 2.75) is 39.7 Å². The fourth-order valence-electron chi connectivity index (χ4n) is 2.76. The van der Waals surface area contributed by atoms with E-state index in [0.717, 1.165) is 17.8 Å². The Bertz CT molecular complexity index is 737. The quantitative estimate of drug-likeness (QED) is 0.742. The molecule has 0 aliphatic rings. The summed E-state index contributed by atoms with van der Waals surface area (Å²) in [7, 11) is 0. The minimum absolute atomic E-state index is 0.0367. The predicted octanol–water partition coefficient (Wildman–Crippen LogP) is 4.59. The maximum atomic E-state index is 11.0. The lowest BCUT2D eigenvalue weighted by Crippen LogP contribution is -2.26. The molecule has 1 N–H and O–H groups in total. The Morgan fingerprint density at radius 2 is 1.65 bits per heavy atom. The van der Waals surface area contributed by atoms with Crippen LogP contribution in [0.25, 0.3) is 6.08 Å². The second kappa shape index (κ2) is 8.81. The van der Waals surface area contributed by atoms with Crippen LogP contribution in [0.4, 0.5) is 5.69 Å². The third-order valence-corrected chi connectivity index (χ3v) is 4.33. The van der Waals surface area contributed by atoms with Crippen LogP contribution in [0.2, 0.25) is 0 Å². The van der Waals surface area contributed by atoms with Crippen molar-refractivity contribution >= 4 is 17.5 Å². The summed E-state index contributed by atoms with van der Waals surface area (Å²) in [6.45, 7) is 9.59. The molecule has 3 heteroatoms. The molecule has 0 aromatic heterocycles. The van der Waals surface area contributed by atoms with Crippen LogP contribution in [0.1, 0.15) is 44.4 Å². The molecule has 0 amide bonds. The molecule has 0 aliphatic carbocycles. The topological polar surface area (TPSA) is 40.5 Å². The average Bonchev–Trinajstić information content (AvgIpc) is 2.60. The van der Waals surface area contributed by atoms with Crippen molar-refractivity contribution in [3.05, 3.63) is 71.3 Å². The molecule has 0 bridgehead atoms. The lowest BCUT2D eigenvalue weighted by atomic mass is 9.87. The normalized spacial score (nSPS) is 11.7. The Kier molecular flexibility index (Phi) is 6.76. The molecule has 0 saturated carbocycles. The van der Waals surface area contributed by atoms with Crippen LogP contribution in [-0.4, -0.2) is 24.0 Å². The van der Waals surface area contributed by atoms with Gasteiger partial charge in [0.1, 0.15) is 0 Å². The summed E-state index contributed by atoms with van der Waals surface area (Å²) in [5, 5.41) is 9.44. The second-order valence-corrected chi connectivity index (χ2v) is 7.63. The molecule has 2 aromatic carbocycles. The summed E-state index contributed by atoms with van der Waals surface area (Å²) in [6, 6.07) is 16.7. The van der Waals surface area contributed by atoms with Gasteiger partial charge in [-0.2, -0.15) is 0 Å². The van der Waals surface area contributed by atoms with E-state index in [1.54, 1.807) is 13.0 Å². The molecular weight excluding hydrogens is 322 g/mol. The third kappa shape index (κ3) is 5.85. The van der Waals surface area contributed by atoms with Crippen molar-refractivity contribution in [3.8, 4) is 0 Å². The average molecular weight is 351 g/mol.